The Morgan fingerprint density at radius 3 is 1.89 bits per heavy atom. The van der Waals surface area contributed by atoms with Gasteiger partial charge in [0.15, 0.2) is 0 Å². The summed E-state index contributed by atoms with van der Waals surface area (Å²) in [4.78, 5) is 7.66. The number of H-pyrrole nitrogens is 1. The summed E-state index contributed by atoms with van der Waals surface area (Å²) in [6, 6.07) is 8.44. The molecule has 1 N–H and O–H groups in total. The molecule has 0 aliphatic rings. The van der Waals surface area contributed by atoms with Crippen LogP contribution >= 0.6 is 0 Å². The second kappa shape index (κ2) is 9.15. The number of imidazole rings is 1. The van der Waals surface area contributed by atoms with E-state index >= 15 is 0 Å². The van der Waals surface area contributed by atoms with E-state index in [9.17, 15) is 0 Å². The number of aryl methyl sites for hydroxylation is 3. The van der Waals surface area contributed by atoms with Crippen molar-refractivity contribution in [3.63, 3.8) is 0 Å². The second-order valence-electron chi connectivity index (χ2n) is 4.07. The summed E-state index contributed by atoms with van der Waals surface area (Å²) in [5.41, 5.74) is 4.64. The molecule has 19 heavy (non-hydrogen) atoms. The molecule has 2 aromatic rings. The predicted molar refractivity (Wildman–Crippen MR) is 85.5 cm³/mol. The quantitative estimate of drug-likeness (QED) is 0.698. The highest BCUT2D eigenvalue weighted by Crippen LogP contribution is 2.20. The Morgan fingerprint density at radius 1 is 1.05 bits per heavy atom. The van der Waals surface area contributed by atoms with Crippen LogP contribution in [0.15, 0.2) is 36.9 Å². The first-order valence-corrected chi connectivity index (χ1v) is 6.75. The van der Waals surface area contributed by atoms with Crippen LogP contribution in [0.4, 0.5) is 0 Å². The largest absolute Gasteiger partial charge is 0.346 e. The molecule has 0 unspecified atom stereocenters. The molecular weight excluding hydrogens is 232 g/mol. The first kappa shape index (κ1) is 17.2. The standard InChI is InChI=1S/C12H14N2.C3H6.C2H6/c1-8-4-6-11(7-5-8)12-9(2)13-10(3)14-12;1-3-2;1-2/h4-7H,1-3H3,(H,13,14);3H,1H2,2H3;1-2H3. The molecular formula is C17H26N2. The van der Waals surface area contributed by atoms with Gasteiger partial charge < -0.3 is 4.98 Å². The Balaban J connectivity index is 0.000000573. The number of aromatic amines is 1. The van der Waals surface area contributed by atoms with Crippen LogP contribution in [-0.2, 0) is 0 Å². The average Bonchev–Trinajstić information content (AvgIpc) is 2.73. The van der Waals surface area contributed by atoms with Crippen molar-refractivity contribution in [2.75, 3.05) is 0 Å². The van der Waals surface area contributed by atoms with Gasteiger partial charge in [0.2, 0.25) is 0 Å². The summed E-state index contributed by atoms with van der Waals surface area (Å²) in [5.74, 6) is 0.970. The maximum atomic E-state index is 4.45. The van der Waals surface area contributed by atoms with Crippen LogP contribution in [0.1, 0.15) is 37.9 Å². The van der Waals surface area contributed by atoms with Gasteiger partial charge in [-0.2, -0.15) is 0 Å². The third-order valence-electron chi connectivity index (χ3n) is 2.33. The van der Waals surface area contributed by atoms with E-state index in [1.807, 2.05) is 27.7 Å². The molecule has 1 aromatic carbocycles. The number of rotatable bonds is 1. The van der Waals surface area contributed by atoms with E-state index in [4.69, 9.17) is 0 Å². The average molecular weight is 258 g/mol. The van der Waals surface area contributed by atoms with Gasteiger partial charge in [0.1, 0.15) is 5.82 Å². The van der Waals surface area contributed by atoms with Crippen LogP contribution in [-0.4, -0.2) is 9.97 Å². The molecule has 1 heterocycles. The van der Waals surface area contributed by atoms with E-state index in [2.05, 4.69) is 54.7 Å². The Hall–Kier alpha value is -1.83. The predicted octanol–water partition coefficient (Wildman–Crippen LogP) is 5.22. The number of aromatic nitrogens is 2. The van der Waals surface area contributed by atoms with Crippen LogP contribution < -0.4 is 0 Å². The van der Waals surface area contributed by atoms with Crippen molar-refractivity contribution < 1.29 is 0 Å². The van der Waals surface area contributed by atoms with Gasteiger partial charge in [0.05, 0.1) is 5.69 Å². The molecule has 0 spiro atoms. The number of nitrogens with zero attached hydrogens (tertiary/aromatic N) is 1. The maximum absolute atomic E-state index is 4.45. The molecule has 0 amide bonds. The highest BCUT2D eigenvalue weighted by molar-refractivity contribution is 5.62. The van der Waals surface area contributed by atoms with Gasteiger partial charge in [-0.1, -0.05) is 49.8 Å². The fourth-order valence-electron chi connectivity index (χ4n) is 1.60. The zero-order valence-corrected chi connectivity index (χ0v) is 13.0. The van der Waals surface area contributed by atoms with Crippen molar-refractivity contribution in [1.82, 2.24) is 9.97 Å². The minimum absolute atomic E-state index is 0.970. The van der Waals surface area contributed by atoms with Crippen molar-refractivity contribution in [3.8, 4) is 11.3 Å². The molecule has 2 nitrogen and oxygen atoms in total. The molecule has 0 fully saturated rings. The van der Waals surface area contributed by atoms with Crippen LogP contribution in [0.25, 0.3) is 11.3 Å². The smallest absolute Gasteiger partial charge is 0.103 e. The third-order valence-corrected chi connectivity index (χ3v) is 2.33. The number of nitrogens with one attached hydrogen (secondary N) is 1. The zero-order valence-electron chi connectivity index (χ0n) is 13.0. The Labute approximate surface area is 117 Å². The SMILES string of the molecule is C=CC.CC.Cc1ccc(-c2nc(C)[nH]c2C)cc1. The number of allylic oxidation sites excluding steroid dienone is 1. The highest BCUT2D eigenvalue weighted by atomic mass is 14.9. The molecule has 2 heteroatoms. The molecule has 0 saturated heterocycles. The molecule has 0 atom stereocenters. The summed E-state index contributed by atoms with van der Waals surface area (Å²) >= 11 is 0. The molecule has 2 rings (SSSR count). The lowest BCUT2D eigenvalue weighted by atomic mass is 10.1. The minimum Gasteiger partial charge on any atom is -0.346 e. The summed E-state index contributed by atoms with van der Waals surface area (Å²) in [7, 11) is 0. The number of benzene rings is 1. The van der Waals surface area contributed by atoms with E-state index in [1.54, 1.807) is 6.08 Å². The van der Waals surface area contributed by atoms with Gasteiger partial charge in [-0.3, -0.25) is 0 Å². The van der Waals surface area contributed by atoms with E-state index in [0.29, 0.717) is 0 Å². The molecule has 0 aliphatic heterocycles. The van der Waals surface area contributed by atoms with Gasteiger partial charge in [0, 0.05) is 11.3 Å². The second-order valence-corrected chi connectivity index (χ2v) is 4.07. The van der Waals surface area contributed by atoms with Crippen LogP contribution in [0.2, 0.25) is 0 Å². The molecule has 104 valence electrons. The molecule has 0 saturated carbocycles. The minimum atomic E-state index is 0.970. The fraction of sp³-hybridized carbons (Fsp3) is 0.353. The lowest BCUT2D eigenvalue weighted by Crippen LogP contribution is -1.81. The van der Waals surface area contributed by atoms with Gasteiger partial charge in [0.25, 0.3) is 0 Å². The molecule has 0 radical (unpaired) electrons. The monoisotopic (exact) mass is 258 g/mol. The molecule has 1 aromatic heterocycles. The lowest BCUT2D eigenvalue weighted by molar-refractivity contribution is 1.13. The van der Waals surface area contributed by atoms with Crippen LogP contribution in [0.5, 0.6) is 0 Å². The van der Waals surface area contributed by atoms with Gasteiger partial charge in [-0.25, -0.2) is 4.98 Å². The van der Waals surface area contributed by atoms with Crippen molar-refractivity contribution in [3.05, 3.63) is 54.0 Å². The first-order valence-electron chi connectivity index (χ1n) is 6.75. The Bertz CT molecular complexity index is 478. The van der Waals surface area contributed by atoms with Crippen LogP contribution in [0.3, 0.4) is 0 Å². The van der Waals surface area contributed by atoms with Crippen molar-refractivity contribution in [2.45, 2.75) is 41.5 Å². The Kier molecular flexibility index (Phi) is 8.27. The lowest BCUT2D eigenvalue weighted by Gasteiger charge is -1.98. The first-order chi connectivity index (χ1) is 9.08. The van der Waals surface area contributed by atoms with Crippen LogP contribution in [0, 0.1) is 20.8 Å². The van der Waals surface area contributed by atoms with Gasteiger partial charge in [-0.05, 0) is 27.7 Å². The Morgan fingerprint density at radius 2 is 1.53 bits per heavy atom. The summed E-state index contributed by atoms with van der Waals surface area (Å²) in [6.45, 7) is 15.4. The molecule has 0 bridgehead atoms. The zero-order chi connectivity index (χ0) is 14.8. The summed E-state index contributed by atoms with van der Waals surface area (Å²) in [5, 5.41) is 0. The number of hydrogen-bond donors (Lipinski definition) is 1. The normalized spacial score (nSPS) is 8.74. The molecule has 0 aliphatic carbocycles. The van der Waals surface area contributed by atoms with E-state index < -0.39 is 0 Å². The van der Waals surface area contributed by atoms with Gasteiger partial charge >= 0.3 is 0 Å². The maximum Gasteiger partial charge on any atom is 0.103 e. The number of hydrogen-bond acceptors (Lipinski definition) is 1. The summed E-state index contributed by atoms with van der Waals surface area (Å²) in [6.07, 6.45) is 1.75. The van der Waals surface area contributed by atoms with Crippen molar-refractivity contribution in [2.24, 2.45) is 0 Å². The van der Waals surface area contributed by atoms with Crippen molar-refractivity contribution in [1.29, 1.82) is 0 Å². The van der Waals surface area contributed by atoms with E-state index in [-0.39, 0.29) is 0 Å². The fourth-order valence-corrected chi connectivity index (χ4v) is 1.60. The highest BCUT2D eigenvalue weighted by Gasteiger charge is 2.05. The van der Waals surface area contributed by atoms with E-state index in [0.717, 1.165) is 17.2 Å². The third kappa shape index (κ3) is 5.56. The van der Waals surface area contributed by atoms with Crippen molar-refractivity contribution >= 4 is 0 Å². The van der Waals surface area contributed by atoms with E-state index in [1.165, 1.54) is 11.1 Å². The van der Waals surface area contributed by atoms with Gasteiger partial charge in [-0.15, -0.1) is 6.58 Å². The topological polar surface area (TPSA) is 28.7 Å². The summed E-state index contributed by atoms with van der Waals surface area (Å²) < 4.78 is 0.